The molecule has 1 aromatic heterocycles. The highest BCUT2D eigenvalue weighted by Crippen LogP contribution is 2.50. The Morgan fingerprint density at radius 2 is 1.85 bits per heavy atom. The number of fused-ring (bicyclic) bond motifs is 1. The van der Waals surface area contributed by atoms with E-state index >= 15 is 0 Å². The van der Waals surface area contributed by atoms with E-state index in [1.807, 2.05) is 17.0 Å². The summed E-state index contributed by atoms with van der Waals surface area (Å²) in [5, 5.41) is 4.54. The zero-order valence-corrected chi connectivity index (χ0v) is 21.4. The van der Waals surface area contributed by atoms with Gasteiger partial charge in [0.25, 0.3) is 5.91 Å². The van der Waals surface area contributed by atoms with Gasteiger partial charge in [-0.2, -0.15) is 0 Å². The van der Waals surface area contributed by atoms with Crippen LogP contribution < -0.4 is 20.7 Å². The molecule has 0 saturated carbocycles. The summed E-state index contributed by atoms with van der Waals surface area (Å²) in [6, 6.07) is 16.9. The van der Waals surface area contributed by atoms with Gasteiger partial charge in [0.15, 0.2) is 0 Å². The number of ether oxygens (including phenoxy) is 1. The minimum atomic E-state index is -0.315. The molecule has 7 rings (SSSR count). The molecule has 0 radical (unpaired) electrons. The van der Waals surface area contributed by atoms with Crippen LogP contribution in [0, 0.1) is 11.6 Å². The number of nitrogens with one attached hydrogen (secondary N) is 1. The van der Waals surface area contributed by atoms with Crippen LogP contribution in [-0.4, -0.2) is 47.7 Å². The maximum Gasteiger partial charge on any atom is 0.254 e. The van der Waals surface area contributed by atoms with Gasteiger partial charge in [0.2, 0.25) is 0 Å². The second-order valence-corrected chi connectivity index (χ2v) is 10.6. The number of likely N-dealkylation sites (tertiary alicyclic amines) is 1. The monoisotopic (exact) mass is 529 g/mol. The maximum absolute atomic E-state index is 14.4. The number of aromatic nitrogens is 1. The van der Waals surface area contributed by atoms with Gasteiger partial charge in [0.1, 0.15) is 35.8 Å². The van der Waals surface area contributed by atoms with Crippen LogP contribution in [-0.2, 0) is 6.54 Å². The zero-order chi connectivity index (χ0) is 26.7. The smallest absolute Gasteiger partial charge is 0.254 e. The molecule has 1 saturated heterocycles. The molecule has 1 fully saturated rings. The summed E-state index contributed by atoms with van der Waals surface area (Å²) in [6.45, 7) is 2.83. The van der Waals surface area contributed by atoms with Crippen molar-refractivity contribution in [1.29, 1.82) is 0 Å². The Kier molecular flexibility index (Phi) is 5.70. The van der Waals surface area contributed by atoms with Crippen LogP contribution in [0.5, 0.6) is 5.75 Å². The molecule has 200 valence electrons. The average molecular weight is 530 g/mol. The fourth-order valence-corrected chi connectivity index (χ4v) is 6.13. The van der Waals surface area contributed by atoms with Gasteiger partial charge in [-0.1, -0.05) is 12.1 Å². The van der Waals surface area contributed by atoms with Gasteiger partial charge in [-0.15, -0.1) is 0 Å². The Labute approximate surface area is 224 Å². The molecule has 9 heteroatoms. The van der Waals surface area contributed by atoms with Gasteiger partial charge in [-0.3, -0.25) is 4.79 Å². The molecule has 1 amide bonds. The van der Waals surface area contributed by atoms with E-state index in [0.717, 1.165) is 46.4 Å². The Morgan fingerprint density at radius 1 is 1.03 bits per heavy atom. The first kappa shape index (κ1) is 24.0. The Bertz CT molecular complexity index is 1580. The summed E-state index contributed by atoms with van der Waals surface area (Å²) in [5.41, 5.74) is 11.1. The molecule has 39 heavy (non-hydrogen) atoms. The summed E-state index contributed by atoms with van der Waals surface area (Å²) >= 11 is 0. The number of nitrogens with two attached hydrogens (primary N) is 1. The number of hydrogen-bond acceptors (Lipinski definition) is 5. The Hall–Kier alpha value is -4.11. The van der Waals surface area contributed by atoms with Crippen LogP contribution in [0.4, 0.5) is 20.2 Å². The molecule has 4 aromatic rings. The van der Waals surface area contributed by atoms with Crippen molar-refractivity contribution < 1.29 is 18.3 Å². The Morgan fingerprint density at radius 3 is 2.67 bits per heavy atom. The number of benzene rings is 3. The molecule has 0 spiro atoms. The van der Waals surface area contributed by atoms with Crippen molar-refractivity contribution in [2.24, 2.45) is 5.73 Å². The zero-order valence-electron chi connectivity index (χ0n) is 21.4. The first-order chi connectivity index (χ1) is 18.9. The highest BCUT2D eigenvalue weighted by molar-refractivity contribution is 5.99. The van der Waals surface area contributed by atoms with E-state index in [-0.39, 0.29) is 29.7 Å². The van der Waals surface area contributed by atoms with Crippen LogP contribution in [0.25, 0.3) is 10.9 Å². The SMILES string of the molecule is NC1CCCN(C(=O)c2cc3c4c(c2)OCCN4C(c2cc4ccc(F)cc4n2Cc2ccc(F)cc2)N3)C1. The van der Waals surface area contributed by atoms with Gasteiger partial charge in [0, 0.05) is 36.6 Å². The molecule has 3 aromatic carbocycles. The van der Waals surface area contributed by atoms with Gasteiger partial charge in [-0.25, -0.2) is 8.78 Å². The van der Waals surface area contributed by atoms with E-state index in [4.69, 9.17) is 10.5 Å². The summed E-state index contributed by atoms with van der Waals surface area (Å²) in [4.78, 5) is 17.5. The highest BCUT2D eigenvalue weighted by Gasteiger charge is 2.38. The predicted octanol–water partition coefficient (Wildman–Crippen LogP) is 4.85. The van der Waals surface area contributed by atoms with E-state index in [2.05, 4.69) is 20.9 Å². The van der Waals surface area contributed by atoms with Crippen LogP contribution in [0.3, 0.4) is 0 Å². The molecule has 0 bridgehead atoms. The van der Waals surface area contributed by atoms with Gasteiger partial charge >= 0.3 is 0 Å². The van der Waals surface area contributed by atoms with Crippen molar-refractivity contribution in [3.63, 3.8) is 0 Å². The summed E-state index contributed by atoms with van der Waals surface area (Å²) < 4.78 is 36.1. The number of rotatable bonds is 4. The van der Waals surface area contributed by atoms with Gasteiger partial charge in [0.05, 0.1) is 23.4 Å². The fourth-order valence-electron chi connectivity index (χ4n) is 6.13. The van der Waals surface area contributed by atoms with E-state index in [9.17, 15) is 13.6 Å². The van der Waals surface area contributed by atoms with Crippen molar-refractivity contribution in [3.05, 3.63) is 89.1 Å². The molecule has 2 atom stereocenters. The lowest BCUT2D eigenvalue weighted by Crippen LogP contribution is -2.45. The van der Waals surface area contributed by atoms with Crippen LogP contribution in [0.15, 0.2) is 60.7 Å². The minimum absolute atomic E-state index is 0.00223. The van der Waals surface area contributed by atoms with Crippen molar-refractivity contribution in [3.8, 4) is 5.75 Å². The third-order valence-electron chi connectivity index (χ3n) is 7.98. The number of anilines is 2. The van der Waals surface area contributed by atoms with Crippen LogP contribution >= 0.6 is 0 Å². The van der Waals surface area contributed by atoms with Crippen molar-refractivity contribution in [1.82, 2.24) is 9.47 Å². The van der Waals surface area contributed by atoms with Gasteiger partial charge < -0.3 is 30.2 Å². The number of carbonyl (C=O) groups excluding carboxylic acids is 1. The number of carbonyl (C=O) groups is 1. The number of piperidine rings is 1. The van der Waals surface area contributed by atoms with Crippen LogP contribution in [0.2, 0.25) is 0 Å². The summed E-state index contributed by atoms with van der Waals surface area (Å²) in [6.07, 6.45) is 1.57. The molecule has 0 aliphatic carbocycles. The molecular weight excluding hydrogens is 500 g/mol. The average Bonchev–Trinajstić information content (AvgIpc) is 3.48. The summed E-state index contributed by atoms with van der Waals surface area (Å²) in [7, 11) is 0. The fraction of sp³-hybridized carbons (Fsp3) is 0.300. The Balaban J connectivity index is 1.28. The van der Waals surface area contributed by atoms with Crippen molar-refractivity contribution in [2.45, 2.75) is 31.6 Å². The molecular formula is C30H29F2N5O2. The largest absolute Gasteiger partial charge is 0.489 e. The highest BCUT2D eigenvalue weighted by atomic mass is 19.1. The van der Waals surface area contributed by atoms with E-state index < -0.39 is 0 Å². The number of amides is 1. The third kappa shape index (κ3) is 4.17. The first-order valence-corrected chi connectivity index (χ1v) is 13.4. The first-order valence-electron chi connectivity index (χ1n) is 13.4. The van der Waals surface area contributed by atoms with E-state index in [1.165, 1.54) is 24.3 Å². The molecule has 2 unspecified atom stereocenters. The van der Waals surface area contributed by atoms with E-state index in [1.54, 1.807) is 18.2 Å². The molecule has 4 heterocycles. The lowest BCUT2D eigenvalue weighted by Gasteiger charge is -2.33. The lowest BCUT2D eigenvalue weighted by atomic mass is 10.0. The minimum Gasteiger partial charge on any atom is -0.489 e. The quantitative estimate of drug-likeness (QED) is 0.395. The molecule has 3 aliphatic rings. The standard InChI is InChI=1S/C30H29F2N5O2/c31-21-6-3-18(4-7-21)16-37-25-15-22(32)8-5-19(25)13-26(37)29-34-24-12-20(14-27-28(24)36(29)10-11-39-27)30(38)35-9-1-2-23(33)17-35/h3-8,12-15,23,29,34H,1-2,9-11,16-17,33H2. The van der Waals surface area contributed by atoms with Crippen molar-refractivity contribution >= 4 is 28.2 Å². The second kappa shape index (κ2) is 9.27. The topological polar surface area (TPSA) is 75.8 Å². The number of halogens is 2. The van der Waals surface area contributed by atoms with E-state index in [0.29, 0.717) is 44.1 Å². The van der Waals surface area contributed by atoms with Crippen LogP contribution in [0.1, 0.15) is 40.6 Å². The predicted molar refractivity (Wildman–Crippen MR) is 146 cm³/mol. The lowest BCUT2D eigenvalue weighted by molar-refractivity contribution is 0.0708. The second-order valence-electron chi connectivity index (χ2n) is 10.6. The normalized spacial score (nSPS) is 20.1. The van der Waals surface area contributed by atoms with Gasteiger partial charge in [-0.05, 0) is 66.9 Å². The summed E-state index contributed by atoms with van der Waals surface area (Å²) in [5.74, 6) is 0.0131. The third-order valence-corrected chi connectivity index (χ3v) is 7.98. The van der Waals surface area contributed by atoms with Crippen molar-refractivity contribution in [2.75, 3.05) is 36.5 Å². The number of nitrogens with zero attached hydrogens (tertiary/aromatic N) is 3. The maximum atomic E-state index is 14.4. The molecule has 3 aliphatic heterocycles. The number of hydrogen-bond donors (Lipinski definition) is 2. The molecule has 7 nitrogen and oxygen atoms in total. The molecule has 3 N–H and O–H groups in total.